The van der Waals surface area contributed by atoms with Gasteiger partial charge in [-0.3, -0.25) is 4.79 Å². The topological polar surface area (TPSA) is 84.5 Å². The zero-order chi connectivity index (χ0) is 19.9. The van der Waals surface area contributed by atoms with E-state index < -0.39 is 16.1 Å². The average molecular weight is 397 g/mol. The minimum absolute atomic E-state index is 0.00554. The van der Waals surface area contributed by atoms with Gasteiger partial charge in [-0.2, -0.15) is 0 Å². The highest BCUT2D eigenvalue weighted by atomic mass is 32.2. The molecule has 152 valence electrons. The number of carbonyl (C=O) groups is 1. The van der Waals surface area contributed by atoms with Gasteiger partial charge < -0.3 is 10.1 Å². The number of rotatable bonds is 7. The van der Waals surface area contributed by atoms with Crippen molar-refractivity contribution >= 4 is 15.9 Å². The maximum atomic E-state index is 12.6. The summed E-state index contributed by atoms with van der Waals surface area (Å²) in [6, 6.07) is 6.26. The first-order valence-electron chi connectivity index (χ1n) is 9.87. The van der Waals surface area contributed by atoms with E-state index >= 15 is 0 Å². The molecule has 1 aromatic rings. The molecule has 2 N–H and O–H groups in total. The third-order valence-corrected chi connectivity index (χ3v) is 6.21. The molecule has 1 aliphatic carbocycles. The standard InChI is InChI=1S/C20H32N2O4S/c1-15(2)21-20(23)16(3)26-18-11-13-19(14-12-18)27(24,25)22-17-9-7-5-4-6-8-10-17/h11-17,22H,4-10H2,1-3H3,(H,21,23)/t16-/m0/s1. The molecular formula is C20H32N2O4S. The van der Waals surface area contributed by atoms with Crippen LogP contribution in [0.2, 0.25) is 0 Å². The monoisotopic (exact) mass is 396 g/mol. The number of hydrogen-bond acceptors (Lipinski definition) is 4. The Hall–Kier alpha value is -1.60. The highest BCUT2D eigenvalue weighted by Gasteiger charge is 2.21. The Balaban J connectivity index is 1.97. The van der Waals surface area contributed by atoms with E-state index in [1.54, 1.807) is 19.1 Å². The quantitative estimate of drug-likeness (QED) is 0.740. The van der Waals surface area contributed by atoms with Gasteiger partial charge in [-0.05, 0) is 57.9 Å². The minimum Gasteiger partial charge on any atom is -0.481 e. The van der Waals surface area contributed by atoms with E-state index in [9.17, 15) is 13.2 Å². The molecule has 2 rings (SSSR count). The van der Waals surface area contributed by atoms with E-state index in [-0.39, 0.29) is 22.9 Å². The number of ether oxygens (including phenoxy) is 1. The van der Waals surface area contributed by atoms with Crippen LogP contribution in [0.1, 0.15) is 65.7 Å². The number of carbonyl (C=O) groups excluding carboxylic acids is 1. The number of benzene rings is 1. The lowest BCUT2D eigenvalue weighted by molar-refractivity contribution is -0.127. The van der Waals surface area contributed by atoms with Gasteiger partial charge in [-0.1, -0.05) is 32.1 Å². The van der Waals surface area contributed by atoms with Crippen molar-refractivity contribution < 1.29 is 17.9 Å². The summed E-state index contributed by atoms with van der Waals surface area (Å²) in [6.07, 6.45) is 6.86. The Bertz CT molecular complexity index is 693. The molecule has 1 aliphatic rings. The van der Waals surface area contributed by atoms with Gasteiger partial charge in [-0.15, -0.1) is 0 Å². The molecular weight excluding hydrogens is 364 g/mol. The molecule has 1 aromatic carbocycles. The van der Waals surface area contributed by atoms with Gasteiger partial charge in [0, 0.05) is 12.1 Å². The van der Waals surface area contributed by atoms with Crippen molar-refractivity contribution in [3.8, 4) is 5.75 Å². The van der Waals surface area contributed by atoms with Crippen LogP contribution < -0.4 is 14.8 Å². The summed E-state index contributed by atoms with van der Waals surface area (Å²) in [6.45, 7) is 5.43. The van der Waals surface area contributed by atoms with E-state index in [0.29, 0.717) is 5.75 Å². The summed E-state index contributed by atoms with van der Waals surface area (Å²) in [5, 5.41) is 2.78. The highest BCUT2D eigenvalue weighted by molar-refractivity contribution is 7.89. The van der Waals surface area contributed by atoms with Crippen LogP contribution in [0.5, 0.6) is 5.75 Å². The molecule has 27 heavy (non-hydrogen) atoms. The Morgan fingerprint density at radius 3 is 2.11 bits per heavy atom. The number of hydrogen-bond donors (Lipinski definition) is 2. The fraction of sp³-hybridized carbons (Fsp3) is 0.650. The molecule has 1 amide bonds. The van der Waals surface area contributed by atoms with Crippen LogP contribution in [-0.4, -0.2) is 32.5 Å². The summed E-state index contributed by atoms with van der Waals surface area (Å²) >= 11 is 0. The van der Waals surface area contributed by atoms with E-state index in [2.05, 4.69) is 10.0 Å². The van der Waals surface area contributed by atoms with Crippen LogP contribution in [0.25, 0.3) is 0 Å². The lowest BCUT2D eigenvalue weighted by Crippen LogP contribution is -2.40. The number of sulfonamides is 1. The molecule has 0 aliphatic heterocycles. The summed E-state index contributed by atoms with van der Waals surface area (Å²) in [4.78, 5) is 12.1. The Morgan fingerprint density at radius 1 is 1.00 bits per heavy atom. The highest BCUT2D eigenvalue weighted by Crippen LogP contribution is 2.21. The van der Waals surface area contributed by atoms with Gasteiger partial charge in [0.15, 0.2) is 6.10 Å². The zero-order valence-electron chi connectivity index (χ0n) is 16.5. The van der Waals surface area contributed by atoms with Gasteiger partial charge in [0.2, 0.25) is 10.0 Å². The summed E-state index contributed by atoms with van der Waals surface area (Å²) in [5.74, 6) is 0.263. The van der Waals surface area contributed by atoms with E-state index in [1.165, 1.54) is 31.4 Å². The van der Waals surface area contributed by atoms with E-state index in [4.69, 9.17) is 4.74 Å². The average Bonchev–Trinajstić information content (AvgIpc) is 2.57. The smallest absolute Gasteiger partial charge is 0.260 e. The Kier molecular flexibility index (Phi) is 8.10. The van der Waals surface area contributed by atoms with Crippen molar-refractivity contribution in [1.82, 2.24) is 10.0 Å². The van der Waals surface area contributed by atoms with Crippen molar-refractivity contribution in [3.05, 3.63) is 24.3 Å². The normalized spacial score (nSPS) is 17.8. The first-order valence-corrected chi connectivity index (χ1v) is 11.4. The molecule has 0 bridgehead atoms. The number of amides is 1. The molecule has 0 unspecified atom stereocenters. The fourth-order valence-corrected chi connectivity index (χ4v) is 4.52. The first-order chi connectivity index (χ1) is 12.8. The third-order valence-electron chi connectivity index (χ3n) is 4.67. The Labute approximate surface area is 163 Å². The van der Waals surface area contributed by atoms with Crippen LogP contribution in [0.3, 0.4) is 0 Å². The summed E-state index contributed by atoms with van der Waals surface area (Å²) in [5.41, 5.74) is 0. The van der Waals surface area contributed by atoms with Crippen molar-refractivity contribution in [2.45, 2.75) is 88.8 Å². The van der Waals surface area contributed by atoms with E-state index in [1.807, 2.05) is 13.8 Å². The summed E-state index contributed by atoms with van der Waals surface area (Å²) < 4.78 is 33.7. The second-order valence-electron chi connectivity index (χ2n) is 7.56. The predicted octanol–water partition coefficient (Wildman–Crippen LogP) is 3.37. The molecule has 1 fully saturated rings. The maximum Gasteiger partial charge on any atom is 0.260 e. The van der Waals surface area contributed by atoms with Gasteiger partial charge in [-0.25, -0.2) is 13.1 Å². The minimum atomic E-state index is -3.55. The lowest BCUT2D eigenvalue weighted by Gasteiger charge is -2.21. The zero-order valence-corrected chi connectivity index (χ0v) is 17.3. The van der Waals surface area contributed by atoms with Gasteiger partial charge in [0.05, 0.1) is 4.90 Å². The van der Waals surface area contributed by atoms with E-state index in [0.717, 1.165) is 25.7 Å². The van der Waals surface area contributed by atoms with Crippen LogP contribution in [0, 0.1) is 0 Å². The molecule has 0 saturated heterocycles. The van der Waals surface area contributed by atoms with Crippen molar-refractivity contribution in [1.29, 1.82) is 0 Å². The van der Waals surface area contributed by atoms with Crippen LogP contribution in [0.4, 0.5) is 0 Å². The van der Waals surface area contributed by atoms with Crippen molar-refractivity contribution in [2.75, 3.05) is 0 Å². The lowest BCUT2D eigenvalue weighted by atomic mass is 9.97. The SMILES string of the molecule is CC(C)NC(=O)[C@H](C)Oc1ccc(S(=O)(=O)NC2CCCCCCC2)cc1. The maximum absolute atomic E-state index is 12.6. The second kappa shape index (κ2) is 10.1. The first kappa shape index (κ1) is 21.7. The van der Waals surface area contributed by atoms with Gasteiger partial charge >= 0.3 is 0 Å². The molecule has 0 heterocycles. The van der Waals surface area contributed by atoms with Crippen molar-refractivity contribution in [2.24, 2.45) is 0 Å². The molecule has 0 aromatic heterocycles. The van der Waals surface area contributed by atoms with Gasteiger partial charge in [0.1, 0.15) is 5.75 Å². The molecule has 1 atom stereocenters. The van der Waals surface area contributed by atoms with Crippen LogP contribution >= 0.6 is 0 Å². The van der Waals surface area contributed by atoms with Gasteiger partial charge in [0.25, 0.3) is 5.91 Å². The molecule has 0 spiro atoms. The van der Waals surface area contributed by atoms with Crippen molar-refractivity contribution in [3.63, 3.8) is 0 Å². The Morgan fingerprint density at radius 2 is 1.56 bits per heavy atom. The molecule has 6 nitrogen and oxygen atoms in total. The molecule has 7 heteroatoms. The predicted molar refractivity (Wildman–Crippen MR) is 106 cm³/mol. The molecule has 0 radical (unpaired) electrons. The summed E-state index contributed by atoms with van der Waals surface area (Å²) in [7, 11) is -3.55. The second-order valence-corrected chi connectivity index (χ2v) is 9.27. The largest absolute Gasteiger partial charge is 0.481 e. The fourth-order valence-electron chi connectivity index (χ4n) is 3.22. The third kappa shape index (κ3) is 7.14. The number of nitrogens with one attached hydrogen (secondary N) is 2. The van der Waals surface area contributed by atoms with Crippen LogP contribution in [0.15, 0.2) is 29.2 Å². The van der Waals surface area contributed by atoms with Crippen LogP contribution in [-0.2, 0) is 14.8 Å². The molecule has 1 saturated carbocycles.